The number of ether oxygens (including phenoxy) is 1. The van der Waals surface area contributed by atoms with Crippen LogP contribution >= 0.6 is 0 Å². The van der Waals surface area contributed by atoms with Crippen molar-refractivity contribution in [3.05, 3.63) is 95.7 Å². The molecular weight excluding hydrogens is 500 g/mol. The summed E-state index contributed by atoms with van der Waals surface area (Å²) in [6.45, 7) is 2.00. The summed E-state index contributed by atoms with van der Waals surface area (Å²) in [7, 11) is -3.94. The van der Waals surface area contributed by atoms with Crippen LogP contribution in [0.5, 0.6) is 5.75 Å². The highest BCUT2D eigenvalue weighted by Crippen LogP contribution is 2.40. The highest BCUT2D eigenvalue weighted by molar-refractivity contribution is 7.92. The molecule has 0 amide bonds. The van der Waals surface area contributed by atoms with Gasteiger partial charge in [-0.25, -0.2) is 13.4 Å². The van der Waals surface area contributed by atoms with Gasteiger partial charge in [-0.1, -0.05) is 60.9 Å². The average molecular weight is 531 g/mol. The number of fused-ring (bicyclic) bond motifs is 1. The summed E-state index contributed by atoms with van der Waals surface area (Å²) in [6.07, 6.45) is 3.68. The molecule has 1 aromatic heterocycles. The minimum Gasteiger partial charge on any atom is -0.485 e. The van der Waals surface area contributed by atoms with Crippen LogP contribution in [-0.2, 0) is 21.4 Å². The van der Waals surface area contributed by atoms with Gasteiger partial charge < -0.3 is 9.84 Å². The maximum atomic E-state index is 13.3. The van der Waals surface area contributed by atoms with E-state index in [4.69, 9.17) is 4.74 Å². The summed E-state index contributed by atoms with van der Waals surface area (Å²) < 4.78 is 35.2. The zero-order valence-corrected chi connectivity index (χ0v) is 21.9. The van der Waals surface area contributed by atoms with E-state index in [2.05, 4.69) is 9.71 Å². The van der Waals surface area contributed by atoms with Crippen LogP contribution in [0.4, 0.5) is 5.69 Å². The number of aryl methyl sites for hydroxylation is 1. The third-order valence-corrected chi connectivity index (χ3v) is 8.49. The first-order valence-corrected chi connectivity index (χ1v) is 14.2. The van der Waals surface area contributed by atoms with Crippen molar-refractivity contribution in [1.29, 1.82) is 0 Å². The number of carboxylic acid groups (broad SMARTS) is 1. The van der Waals surface area contributed by atoms with Gasteiger partial charge in [0, 0.05) is 5.39 Å². The summed E-state index contributed by atoms with van der Waals surface area (Å²) in [6, 6.07) is 23.1. The number of carbonyl (C=O) groups is 1. The van der Waals surface area contributed by atoms with E-state index in [9.17, 15) is 18.3 Å². The van der Waals surface area contributed by atoms with Gasteiger partial charge in [0.25, 0.3) is 10.0 Å². The molecule has 0 saturated heterocycles. The molecule has 1 aliphatic rings. The van der Waals surface area contributed by atoms with Crippen molar-refractivity contribution in [1.82, 2.24) is 4.98 Å². The highest BCUT2D eigenvalue weighted by Gasteiger charge is 2.32. The number of sulfonamides is 1. The quantitative estimate of drug-likeness (QED) is 0.264. The van der Waals surface area contributed by atoms with Crippen molar-refractivity contribution in [3.63, 3.8) is 0 Å². The molecule has 7 nitrogen and oxygen atoms in total. The molecule has 1 heterocycles. The maximum absolute atomic E-state index is 13.3. The predicted octanol–water partition coefficient (Wildman–Crippen LogP) is 6.28. The SMILES string of the molecule is Cc1ccc(S(=O)(=O)Nc2cc(C(C(=O)O)C3CCCC3)ccc2OCc2ccc3ccccc3n2)cc1. The topological polar surface area (TPSA) is 106 Å². The molecule has 1 saturated carbocycles. The largest absolute Gasteiger partial charge is 0.485 e. The van der Waals surface area contributed by atoms with Crippen molar-refractivity contribution >= 4 is 32.6 Å². The lowest BCUT2D eigenvalue weighted by atomic mass is 9.84. The third-order valence-electron chi connectivity index (χ3n) is 7.11. The van der Waals surface area contributed by atoms with E-state index in [-0.39, 0.29) is 23.1 Å². The van der Waals surface area contributed by atoms with Gasteiger partial charge in [0.2, 0.25) is 0 Å². The standard InChI is InChI=1S/C30H30N2O5S/c1-20-10-15-25(16-11-20)38(35,36)32-27-18-23(29(30(33)34)22-7-2-3-8-22)13-17-28(27)37-19-24-14-12-21-6-4-5-9-26(21)31-24/h4-6,9-18,22,29,32H,2-3,7-8,19H2,1H3,(H,33,34). The molecule has 38 heavy (non-hydrogen) atoms. The summed E-state index contributed by atoms with van der Waals surface area (Å²) in [5.74, 6) is -1.30. The Hall–Kier alpha value is -3.91. The van der Waals surface area contributed by atoms with Crippen LogP contribution in [0, 0.1) is 12.8 Å². The Kier molecular flexibility index (Phi) is 7.33. The zero-order valence-electron chi connectivity index (χ0n) is 21.1. The Morgan fingerprint density at radius 2 is 1.76 bits per heavy atom. The van der Waals surface area contributed by atoms with Crippen molar-refractivity contribution in [3.8, 4) is 5.75 Å². The van der Waals surface area contributed by atoms with Gasteiger partial charge in [-0.3, -0.25) is 9.52 Å². The Morgan fingerprint density at radius 3 is 2.50 bits per heavy atom. The number of anilines is 1. The molecule has 0 radical (unpaired) electrons. The van der Waals surface area contributed by atoms with Crippen LogP contribution < -0.4 is 9.46 Å². The van der Waals surface area contributed by atoms with Crippen molar-refractivity contribution in [2.45, 2.75) is 50.0 Å². The average Bonchev–Trinajstić information content (AvgIpc) is 3.42. The monoisotopic (exact) mass is 530 g/mol. The number of para-hydroxylation sites is 1. The molecule has 1 atom stereocenters. The molecule has 1 aliphatic carbocycles. The van der Waals surface area contributed by atoms with E-state index in [1.54, 1.807) is 42.5 Å². The first kappa shape index (κ1) is 25.7. The molecule has 8 heteroatoms. The Bertz CT molecular complexity index is 1560. The number of carboxylic acids is 1. The summed E-state index contributed by atoms with van der Waals surface area (Å²) in [5, 5.41) is 11.1. The third kappa shape index (κ3) is 5.65. The van der Waals surface area contributed by atoms with E-state index in [1.807, 2.05) is 43.3 Å². The van der Waals surface area contributed by atoms with E-state index in [0.717, 1.165) is 42.1 Å². The lowest BCUT2D eigenvalue weighted by Crippen LogP contribution is -2.20. The highest BCUT2D eigenvalue weighted by atomic mass is 32.2. The first-order valence-electron chi connectivity index (χ1n) is 12.7. The lowest BCUT2D eigenvalue weighted by molar-refractivity contribution is -0.140. The van der Waals surface area contributed by atoms with E-state index >= 15 is 0 Å². The molecule has 5 rings (SSSR count). The number of pyridine rings is 1. The fraction of sp³-hybridized carbons (Fsp3) is 0.267. The molecule has 0 spiro atoms. The Balaban J connectivity index is 1.48. The Morgan fingerprint density at radius 1 is 1.03 bits per heavy atom. The molecule has 1 unspecified atom stereocenters. The number of aliphatic carboxylic acids is 1. The number of nitrogens with zero attached hydrogens (tertiary/aromatic N) is 1. The van der Waals surface area contributed by atoms with Crippen LogP contribution in [0.25, 0.3) is 10.9 Å². The Labute approximate surface area is 222 Å². The van der Waals surface area contributed by atoms with Crippen LogP contribution in [0.15, 0.2) is 83.8 Å². The molecule has 196 valence electrons. The number of aromatic nitrogens is 1. The van der Waals surface area contributed by atoms with Gasteiger partial charge in [0.05, 0.1) is 27.7 Å². The van der Waals surface area contributed by atoms with Gasteiger partial charge in [-0.2, -0.15) is 0 Å². The van der Waals surface area contributed by atoms with Crippen molar-refractivity contribution in [2.24, 2.45) is 5.92 Å². The maximum Gasteiger partial charge on any atom is 0.311 e. The van der Waals surface area contributed by atoms with E-state index in [1.165, 1.54) is 0 Å². The van der Waals surface area contributed by atoms with Crippen LogP contribution in [0.3, 0.4) is 0 Å². The van der Waals surface area contributed by atoms with Gasteiger partial charge in [-0.05, 0) is 67.6 Å². The molecule has 0 aliphatic heterocycles. The predicted molar refractivity (Wildman–Crippen MR) is 147 cm³/mol. The molecular formula is C30H30N2O5S. The van der Waals surface area contributed by atoms with Gasteiger partial charge >= 0.3 is 5.97 Å². The second kappa shape index (κ2) is 10.8. The zero-order chi connectivity index (χ0) is 26.7. The van der Waals surface area contributed by atoms with Crippen LogP contribution in [0.2, 0.25) is 0 Å². The second-order valence-electron chi connectivity index (χ2n) is 9.82. The van der Waals surface area contributed by atoms with Gasteiger partial charge in [0.1, 0.15) is 12.4 Å². The first-order chi connectivity index (χ1) is 18.3. The number of rotatable bonds is 9. The normalized spacial score (nSPS) is 14.9. The van der Waals surface area contributed by atoms with E-state index in [0.29, 0.717) is 17.0 Å². The summed E-state index contributed by atoms with van der Waals surface area (Å²) >= 11 is 0. The fourth-order valence-corrected chi connectivity index (χ4v) is 6.18. The van der Waals surface area contributed by atoms with Crippen LogP contribution in [0.1, 0.15) is 48.4 Å². The minimum absolute atomic E-state index is 0.0163. The molecule has 0 bridgehead atoms. The molecule has 1 fully saturated rings. The molecule has 2 N–H and O–H groups in total. The second-order valence-corrected chi connectivity index (χ2v) is 11.5. The van der Waals surface area contributed by atoms with E-state index < -0.39 is 21.9 Å². The fourth-order valence-electron chi connectivity index (χ4n) is 5.12. The van der Waals surface area contributed by atoms with Gasteiger partial charge in [-0.15, -0.1) is 0 Å². The summed E-state index contributed by atoms with van der Waals surface area (Å²) in [5.41, 5.74) is 3.23. The van der Waals surface area contributed by atoms with Crippen molar-refractivity contribution < 1.29 is 23.1 Å². The number of benzene rings is 3. The molecule has 3 aromatic carbocycles. The summed E-state index contributed by atoms with van der Waals surface area (Å²) in [4.78, 5) is 17.0. The van der Waals surface area contributed by atoms with Gasteiger partial charge in [0.15, 0.2) is 0 Å². The number of hydrogen-bond donors (Lipinski definition) is 2. The molecule has 4 aromatic rings. The minimum atomic E-state index is -3.94. The van der Waals surface area contributed by atoms with Crippen LogP contribution in [-0.4, -0.2) is 24.5 Å². The lowest BCUT2D eigenvalue weighted by Gasteiger charge is -2.22. The number of hydrogen-bond acceptors (Lipinski definition) is 5. The smallest absolute Gasteiger partial charge is 0.311 e. The number of nitrogens with one attached hydrogen (secondary N) is 1. The van der Waals surface area contributed by atoms with Crippen molar-refractivity contribution in [2.75, 3.05) is 4.72 Å².